The molecule has 0 aromatic heterocycles. The van der Waals surface area contributed by atoms with Gasteiger partial charge in [-0.15, -0.1) is 0 Å². The SMILES string of the molecule is CCCCCCCCCCC(Cc1ccccc1)C([AsH2])(CC)CC. The predicted molar refractivity (Wildman–Crippen MR) is 113 cm³/mol. The summed E-state index contributed by atoms with van der Waals surface area (Å²) < 4.78 is 0.559. The van der Waals surface area contributed by atoms with Crippen molar-refractivity contribution in [2.45, 2.75) is 102 Å². The van der Waals surface area contributed by atoms with Crippen molar-refractivity contribution in [3.8, 4) is 0 Å². The third kappa shape index (κ3) is 8.24. The molecule has 0 bridgehead atoms. The van der Waals surface area contributed by atoms with Crippen LogP contribution in [-0.4, -0.2) is 16.9 Å². The Balaban J connectivity index is 2.42. The molecule has 0 saturated heterocycles. The first-order valence-electron chi connectivity index (χ1n) is 10.5. The van der Waals surface area contributed by atoms with Gasteiger partial charge in [0.25, 0.3) is 0 Å². The van der Waals surface area contributed by atoms with E-state index < -0.39 is 0 Å². The third-order valence-electron chi connectivity index (χ3n) is 5.86. The second-order valence-corrected chi connectivity index (χ2v) is 10.0. The van der Waals surface area contributed by atoms with Crippen LogP contribution < -0.4 is 0 Å². The summed E-state index contributed by atoms with van der Waals surface area (Å²) in [7, 11) is 0. The molecule has 0 aliphatic carbocycles. The molecular formula is C23H41As. The predicted octanol–water partition coefficient (Wildman–Crippen LogP) is 6.99. The minimum absolute atomic E-state index is 0.559. The van der Waals surface area contributed by atoms with Crippen LogP contribution in [0, 0.1) is 5.92 Å². The number of hydrogen-bond acceptors (Lipinski definition) is 0. The molecule has 0 nitrogen and oxygen atoms in total. The fraction of sp³-hybridized carbons (Fsp3) is 0.739. The Morgan fingerprint density at radius 3 is 1.88 bits per heavy atom. The molecule has 1 heteroatoms. The Labute approximate surface area is 160 Å². The number of benzene rings is 1. The van der Waals surface area contributed by atoms with Crippen LogP contribution in [0.3, 0.4) is 0 Å². The van der Waals surface area contributed by atoms with E-state index in [4.69, 9.17) is 0 Å². The van der Waals surface area contributed by atoms with Gasteiger partial charge in [-0.25, -0.2) is 0 Å². The van der Waals surface area contributed by atoms with Crippen molar-refractivity contribution >= 4 is 16.9 Å². The molecule has 138 valence electrons. The summed E-state index contributed by atoms with van der Waals surface area (Å²) in [6, 6.07) is 11.2. The maximum absolute atomic E-state index is 2.40. The molecule has 0 heterocycles. The third-order valence-corrected chi connectivity index (χ3v) is 8.56. The van der Waals surface area contributed by atoms with E-state index in [0.717, 1.165) is 5.92 Å². The van der Waals surface area contributed by atoms with Gasteiger partial charge in [-0.3, -0.25) is 0 Å². The van der Waals surface area contributed by atoms with Gasteiger partial charge in [0.1, 0.15) is 0 Å². The van der Waals surface area contributed by atoms with Crippen molar-refractivity contribution in [2.75, 3.05) is 0 Å². The molecule has 1 aromatic carbocycles. The molecule has 0 saturated carbocycles. The molecular weight excluding hydrogens is 351 g/mol. The summed E-state index contributed by atoms with van der Waals surface area (Å²) in [5, 5.41) is 0. The molecule has 0 radical (unpaired) electrons. The molecule has 0 aliphatic rings. The quantitative estimate of drug-likeness (QED) is 0.236. The molecule has 0 aliphatic heterocycles. The molecule has 0 spiro atoms. The minimum atomic E-state index is 0.559. The zero-order chi connectivity index (χ0) is 17.7. The monoisotopic (exact) mass is 392 g/mol. The van der Waals surface area contributed by atoms with Crippen molar-refractivity contribution < 1.29 is 0 Å². The number of rotatable bonds is 14. The van der Waals surface area contributed by atoms with E-state index in [0.29, 0.717) is 4.20 Å². The van der Waals surface area contributed by atoms with Crippen molar-refractivity contribution in [1.82, 2.24) is 0 Å². The number of unbranched alkanes of at least 4 members (excludes halogenated alkanes) is 7. The van der Waals surface area contributed by atoms with Crippen molar-refractivity contribution in [3.05, 3.63) is 35.9 Å². The Hall–Kier alpha value is -0.222. The standard InChI is InChI=1S/C23H41As/c1-4-7-8-9-10-11-12-16-19-22(23(24,5-2)6-3)20-21-17-14-13-15-18-21/h13-15,17-18,22H,4-12,16,19-20,24H2,1-3H3. The number of hydrogen-bond donors (Lipinski definition) is 0. The molecule has 0 amide bonds. The van der Waals surface area contributed by atoms with Gasteiger partial charge in [0, 0.05) is 0 Å². The average molecular weight is 393 g/mol. The summed E-state index contributed by atoms with van der Waals surface area (Å²) in [4.78, 5) is 0. The van der Waals surface area contributed by atoms with E-state index in [1.54, 1.807) is 0 Å². The van der Waals surface area contributed by atoms with E-state index in [9.17, 15) is 0 Å². The van der Waals surface area contributed by atoms with Crippen LogP contribution in [0.5, 0.6) is 0 Å². The van der Waals surface area contributed by atoms with Crippen LogP contribution in [-0.2, 0) is 6.42 Å². The fourth-order valence-corrected chi connectivity index (χ4v) is 4.44. The molecule has 1 rings (SSSR count). The summed E-state index contributed by atoms with van der Waals surface area (Å²) >= 11 is 1.99. The fourth-order valence-electron chi connectivity index (χ4n) is 3.84. The average Bonchev–Trinajstić information content (AvgIpc) is 2.63. The Morgan fingerprint density at radius 1 is 0.792 bits per heavy atom. The van der Waals surface area contributed by atoms with Crippen LogP contribution >= 0.6 is 0 Å². The zero-order valence-electron chi connectivity index (χ0n) is 16.5. The maximum atomic E-state index is 2.40. The normalized spacial score (nSPS) is 13.2. The van der Waals surface area contributed by atoms with E-state index in [2.05, 4.69) is 51.1 Å². The van der Waals surface area contributed by atoms with Crippen LogP contribution in [0.25, 0.3) is 0 Å². The van der Waals surface area contributed by atoms with Crippen LogP contribution in [0.15, 0.2) is 30.3 Å². The molecule has 0 fully saturated rings. The van der Waals surface area contributed by atoms with Crippen molar-refractivity contribution in [3.63, 3.8) is 0 Å². The van der Waals surface area contributed by atoms with Crippen LogP contribution in [0.2, 0.25) is 4.20 Å². The van der Waals surface area contributed by atoms with E-state index in [-0.39, 0.29) is 0 Å². The second kappa shape index (κ2) is 13.0. The van der Waals surface area contributed by atoms with E-state index >= 15 is 0 Å². The summed E-state index contributed by atoms with van der Waals surface area (Å²) in [5.41, 5.74) is 1.53. The van der Waals surface area contributed by atoms with Gasteiger partial charge in [0.2, 0.25) is 0 Å². The van der Waals surface area contributed by atoms with Gasteiger partial charge >= 0.3 is 161 Å². The van der Waals surface area contributed by atoms with Crippen LogP contribution in [0.1, 0.15) is 97.0 Å². The molecule has 1 aromatic rings. The first kappa shape index (κ1) is 21.8. The Bertz CT molecular complexity index is 394. The van der Waals surface area contributed by atoms with Gasteiger partial charge < -0.3 is 0 Å². The van der Waals surface area contributed by atoms with E-state index in [1.807, 2.05) is 16.9 Å². The topological polar surface area (TPSA) is 0 Å². The molecule has 0 N–H and O–H groups in total. The van der Waals surface area contributed by atoms with Gasteiger partial charge in [-0.05, 0) is 0 Å². The van der Waals surface area contributed by atoms with Gasteiger partial charge in [0.15, 0.2) is 0 Å². The van der Waals surface area contributed by atoms with Crippen molar-refractivity contribution in [2.24, 2.45) is 5.92 Å². The van der Waals surface area contributed by atoms with Gasteiger partial charge in [0.05, 0.1) is 0 Å². The zero-order valence-corrected chi connectivity index (χ0v) is 18.9. The first-order valence-corrected chi connectivity index (χ1v) is 11.7. The van der Waals surface area contributed by atoms with Crippen LogP contribution in [0.4, 0.5) is 0 Å². The Kier molecular flexibility index (Phi) is 11.9. The summed E-state index contributed by atoms with van der Waals surface area (Å²) in [6.45, 7) is 7.10. The first-order chi connectivity index (χ1) is 11.7. The second-order valence-electron chi connectivity index (χ2n) is 7.59. The molecule has 2 atom stereocenters. The van der Waals surface area contributed by atoms with Gasteiger partial charge in [-0.2, -0.15) is 0 Å². The molecule has 24 heavy (non-hydrogen) atoms. The summed E-state index contributed by atoms with van der Waals surface area (Å²) in [5.74, 6) is 0.856. The van der Waals surface area contributed by atoms with Crippen molar-refractivity contribution in [1.29, 1.82) is 0 Å². The van der Waals surface area contributed by atoms with E-state index in [1.165, 1.54) is 82.6 Å². The van der Waals surface area contributed by atoms with Gasteiger partial charge in [-0.1, -0.05) is 0 Å². The molecule has 2 unspecified atom stereocenters. The summed E-state index contributed by atoms with van der Waals surface area (Å²) in [6.07, 6.45) is 16.8. The Morgan fingerprint density at radius 2 is 1.33 bits per heavy atom.